The van der Waals surface area contributed by atoms with Crippen LogP contribution in [0.3, 0.4) is 0 Å². The summed E-state index contributed by atoms with van der Waals surface area (Å²) in [5.74, 6) is 0.609. The predicted octanol–water partition coefficient (Wildman–Crippen LogP) is 5.62. The van der Waals surface area contributed by atoms with E-state index in [0.29, 0.717) is 16.8 Å². The van der Waals surface area contributed by atoms with E-state index >= 15 is 0 Å². The van der Waals surface area contributed by atoms with Gasteiger partial charge in [-0.2, -0.15) is 0 Å². The van der Waals surface area contributed by atoms with E-state index in [1.54, 1.807) is 5.56 Å². The van der Waals surface area contributed by atoms with E-state index in [2.05, 4.69) is 55.8 Å². The Morgan fingerprint density at radius 2 is 1.71 bits per heavy atom. The standard InChI is InChI=1S/C19H29BrO/c1-5-13-11-14(6-2)18(15(7-3)12-13)19(20)16-9-10-21-17(16)8-4/h11-12,16-17,19H,5-10H2,1-4H3. The van der Waals surface area contributed by atoms with Crippen LogP contribution in [0.4, 0.5) is 0 Å². The topological polar surface area (TPSA) is 9.23 Å². The molecule has 1 aromatic rings. The molecule has 1 aliphatic heterocycles. The third-order valence-corrected chi connectivity index (χ3v) is 6.03. The Hall–Kier alpha value is -0.340. The van der Waals surface area contributed by atoms with E-state index in [1.165, 1.54) is 23.1 Å². The third kappa shape index (κ3) is 3.53. The van der Waals surface area contributed by atoms with E-state index < -0.39 is 0 Å². The van der Waals surface area contributed by atoms with Gasteiger partial charge in [0.2, 0.25) is 0 Å². The highest BCUT2D eigenvalue weighted by Crippen LogP contribution is 2.43. The minimum absolute atomic E-state index is 0.412. The Labute approximate surface area is 138 Å². The molecule has 1 saturated heterocycles. The lowest BCUT2D eigenvalue weighted by molar-refractivity contribution is 0.0872. The fourth-order valence-electron chi connectivity index (χ4n) is 3.63. The molecule has 1 heterocycles. The van der Waals surface area contributed by atoms with E-state index in [9.17, 15) is 0 Å². The van der Waals surface area contributed by atoms with Crippen molar-refractivity contribution in [1.82, 2.24) is 0 Å². The van der Waals surface area contributed by atoms with Crippen LogP contribution in [0.5, 0.6) is 0 Å². The first-order valence-corrected chi connectivity index (χ1v) is 9.47. The SMILES string of the molecule is CCc1cc(CC)c(C(Br)C2CCOC2CC)c(CC)c1. The van der Waals surface area contributed by atoms with Crippen molar-refractivity contribution < 1.29 is 4.74 Å². The van der Waals surface area contributed by atoms with Gasteiger partial charge >= 0.3 is 0 Å². The zero-order valence-electron chi connectivity index (χ0n) is 13.9. The van der Waals surface area contributed by atoms with Crippen LogP contribution >= 0.6 is 15.9 Å². The van der Waals surface area contributed by atoms with Crippen molar-refractivity contribution in [2.75, 3.05) is 6.61 Å². The molecule has 2 heteroatoms. The first kappa shape index (κ1) is 17.0. The van der Waals surface area contributed by atoms with Crippen LogP contribution in [0.15, 0.2) is 12.1 Å². The minimum Gasteiger partial charge on any atom is -0.378 e. The fourth-order valence-corrected chi connectivity index (χ4v) is 4.82. The Balaban J connectivity index is 2.41. The van der Waals surface area contributed by atoms with Gasteiger partial charge in [-0.1, -0.05) is 55.8 Å². The van der Waals surface area contributed by atoms with Gasteiger partial charge in [-0.05, 0) is 54.4 Å². The molecule has 0 saturated carbocycles. The third-order valence-electron chi connectivity index (χ3n) is 4.90. The molecule has 3 unspecified atom stereocenters. The first-order chi connectivity index (χ1) is 10.2. The fraction of sp³-hybridized carbons (Fsp3) is 0.684. The second-order valence-corrected chi connectivity index (χ2v) is 7.05. The summed E-state index contributed by atoms with van der Waals surface area (Å²) < 4.78 is 5.92. The monoisotopic (exact) mass is 352 g/mol. The van der Waals surface area contributed by atoms with Crippen LogP contribution in [0.2, 0.25) is 0 Å². The average molecular weight is 353 g/mol. The van der Waals surface area contributed by atoms with Crippen molar-refractivity contribution in [2.24, 2.45) is 5.92 Å². The molecule has 1 fully saturated rings. The number of aryl methyl sites for hydroxylation is 3. The second-order valence-electron chi connectivity index (χ2n) is 6.06. The maximum Gasteiger partial charge on any atom is 0.0615 e. The molecule has 3 atom stereocenters. The zero-order valence-corrected chi connectivity index (χ0v) is 15.5. The van der Waals surface area contributed by atoms with Gasteiger partial charge in [-0.3, -0.25) is 0 Å². The summed E-state index contributed by atoms with van der Waals surface area (Å²) in [6.45, 7) is 9.96. The number of hydrogen-bond acceptors (Lipinski definition) is 1. The Kier molecular flexibility index (Phi) is 6.31. The van der Waals surface area contributed by atoms with E-state index in [1.807, 2.05) is 0 Å². The zero-order chi connectivity index (χ0) is 15.4. The van der Waals surface area contributed by atoms with Crippen LogP contribution in [0, 0.1) is 5.92 Å². The van der Waals surface area contributed by atoms with Crippen molar-refractivity contribution in [3.05, 3.63) is 34.4 Å². The van der Waals surface area contributed by atoms with Crippen LogP contribution in [-0.2, 0) is 24.0 Å². The van der Waals surface area contributed by atoms with Crippen LogP contribution < -0.4 is 0 Å². The van der Waals surface area contributed by atoms with Gasteiger partial charge in [0, 0.05) is 17.4 Å². The van der Waals surface area contributed by atoms with Gasteiger partial charge in [0.25, 0.3) is 0 Å². The van der Waals surface area contributed by atoms with Gasteiger partial charge in [-0.15, -0.1) is 0 Å². The molecule has 1 aromatic carbocycles. The molecular weight excluding hydrogens is 324 g/mol. The Morgan fingerprint density at radius 3 is 2.19 bits per heavy atom. The normalized spacial score (nSPS) is 23.5. The van der Waals surface area contributed by atoms with Gasteiger partial charge in [0.05, 0.1) is 6.10 Å². The quantitative estimate of drug-likeness (QED) is 0.603. The maximum absolute atomic E-state index is 5.92. The van der Waals surface area contributed by atoms with Gasteiger partial charge in [0.15, 0.2) is 0 Å². The Bertz CT molecular complexity index is 444. The average Bonchev–Trinajstić information content (AvgIpc) is 3.01. The highest BCUT2D eigenvalue weighted by Gasteiger charge is 2.34. The number of hydrogen-bond donors (Lipinski definition) is 0. The van der Waals surface area contributed by atoms with Crippen LogP contribution in [0.1, 0.15) is 67.6 Å². The summed E-state index contributed by atoms with van der Waals surface area (Å²) in [4.78, 5) is 0.431. The number of ether oxygens (including phenoxy) is 1. The van der Waals surface area contributed by atoms with Crippen molar-refractivity contribution in [3.63, 3.8) is 0 Å². The molecule has 118 valence electrons. The predicted molar refractivity (Wildman–Crippen MR) is 94.4 cm³/mol. The van der Waals surface area contributed by atoms with Crippen molar-refractivity contribution >= 4 is 15.9 Å². The highest BCUT2D eigenvalue weighted by atomic mass is 79.9. The molecule has 0 bridgehead atoms. The van der Waals surface area contributed by atoms with Crippen molar-refractivity contribution in [3.8, 4) is 0 Å². The summed E-state index contributed by atoms with van der Waals surface area (Å²) in [5, 5.41) is 0. The molecule has 0 radical (unpaired) electrons. The smallest absolute Gasteiger partial charge is 0.0615 e. The molecule has 21 heavy (non-hydrogen) atoms. The molecule has 2 rings (SSSR count). The van der Waals surface area contributed by atoms with Crippen molar-refractivity contribution in [2.45, 2.75) is 70.7 Å². The summed E-state index contributed by atoms with van der Waals surface area (Å²) >= 11 is 4.04. The van der Waals surface area contributed by atoms with E-state index in [-0.39, 0.29) is 0 Å². The lowest BCUT2D eigenvalue weighted by atomic mass is 9.84. The minimum atomic E-state index is 0.412. The van der Waals surface area contributed by atoms with Crippen LogP contribution in [-0.4, -0.2) is 12.7 Å². The van der Waals surface area contributed by atoms with Gasteiger partial charge in [-0.25, -0.2) is 0 Å². The lowest BCUT2D eigenvalue weighted by Gasteiger charge is -2.27. The van der Waals surface area contributed by atoms with Gasteiger partial charge < -0.3 is 4.74 Å². The van der Waals surface area contributed by atoms with Crippen molar-refractivity contribution in [1.29, 1.82) is 0 Å². The van der Waals surface area contributed by atoms with E-state index in [4.69, 9.17) is 4.74 Å². The molecule has 0 amide bonds. The number of benzene rings is 1. The molecule has 0 spiro atoms. The largest absolute Gasteiger partial charge is 0.378 e. The molecule has 0 N–H and O–H groups in total. The lowest BCUT2D eigenvalue weighted by Crippen LogP contribution is -2.21. The molecule has 0 aliphatic carbocycles. The summed E-state index contributed by atoms with van der Waals surface area (Å²) in [5.41, 5.74) is 6.07. The second kappa shape index (κ2) is 7.78. The number of alkyl halides is 1. The number of rotatable bonds is 6. The maximum atomic E-state index is 5.92. The molecular formula is C19H29BrO. The summed E-state index contributed by atoms with van der Waals surface area (Å²) in [7, 11) is 0. The van der Waals surface area contributed by atoms with Gasteiger partial charge in [0.1, 0.15) is 0 Å². The Morgan fingerprint density at radius 1 is 1.10 bits per heavy atom. The summed E-state index contributed by atoms with van der Waals surface area (Å²) in [6, 6.07) is 4.83. The molecule has 0 aromatic heterocycles. The van der Waals surface area contributed by atoms with E-state index in [0.717, 1.165) is 32.3 Å². The number of halogens is 1. The summed E-state index contributed by atoms with van der Waals surface area (Å²) in [6.07, 6.45) is 6.05. The molecule has 1 aliphatic rings. The first-order valence-electron chi connectivity index (χ1n) is 8.56. The van der Waals surface area contributed by atoms with Crippen LogP contribution in [0.25, 0.3) is 0 Å². The highest BCUT2D eigenvalue weighted by molar-refractivity contribution is 9.09. The molecule has 1 nitrogen and oxygen atoms in total.